The number of nitrogens with zero attached hydrogens (tertiary/aromatic N) is 6. The molecule has 0 spiro atoms. The van der Waals surface area contributed by atoms with Gasteiger partial charge in [0, 0.05) is 31.1 Å². The molecule has 3 saturated carbocycles. The first-order chi connectivity index (χ1) is 14.5. The molecular weight excluding hydrogens is 383 g/mol. The van der Waals surface area contributed by atoms with Gasteiger partial charge in [-0.2, -0.15) is 10.2 Å². The monoisotopic (exact) mass is 404 g/mol. The summed E-state index contributed by atoms with van der Waals surface area (Å²) in [4.78, 5) is 21.8. The number of carbonyl (C=O) groups is 1. The van der Waals surface area contributed by atoms with Gasteiger partial charge in [-0.3, -0.25) is 14.5 Å². The van der Waals surface area contributed by atoms with Crippen LogP contribution in [0.15, 0.2) is 41.9 Å². The fraction of sp³-hybridized carbons (Fsp3) is 0.409. The predicted octanol–water partition coefficient (Wildman–Crippen LogP) is 3.40. The third-order valence-corrected chi connectivity index (χ3v) is 6.87. The minimum Gasteiger partial charge on any atom is -0.272 e. The fourth-order valence-electron chi connectivity index (χ4n) is 5.65. The van der Waals surface area contributed by atoms with E-state index in [0.29, 0.717) is 12.0 Å². The average Bonchev–Trinajstić information content (AvgIpc) is 3.30. The van der Waals surface area contributed by atoms with Gasteiger partial charge in [0.05, 0.1) is 29.4 Å². The second kappa shape index (κ2) is 5.93. The van der Waals surface area contributed by atoms with Crippen LogP contribution in [-0.2, 0) is 11.3 Å². The van der Waals surface area contributed by atoms with Crippen molar-refractivity contribution in [3.63, 3.8) is 0 Å². The highest BCUT2D eigenvalue weighted by molar-refractivity contribution is 5.88. The van der Waals surface area contributed by atoms with E-state index in [2.05, 4.69) is 26.2 Å². The second-order valence-electron chi connectivity index (χ2n) is 9.11. The maximum atomic E-state index is 13.6. The first kappa shape index (κ1) is 17.7. The maximum Gasteiger partial charge on any atom is 0.249 e. The number of aromatic nitrogens is 4. The average molecular weight is 404 g/mol. The maximum absolute atomic E-state index is 13.6. The third kappa shape index (κ3) is 2.45. The van der Waals surface area contributed by atoms with Crippen LogP contribution in [0.3, 0.4) is 0 Å². The number of aryl methyl sites for hydroxylation is 1. The predicted molar refractivity (Wildman–Crippen MR) is 108 cm³/mol. The smallest absolute Gasteiger partial charge is 0.249 e. The number of carbonyl (C=O) groups excluding carboxylic acids is 1. The Morgan fingerprint density at radius 2 is 2.07 bits per heavy atom. The molecule has 7 rings (SSSR count). The van der Waals surface area contributed by atoms with Gasteiger partial charge in [0.25, 0.3) is 0 Å². The van der Waals surface area contributed by atoms with E-state index in [1.165, 1.54) is 12.3 Å². The molecule has 3 aromatic heterocycles. The highest BCUT2D eigenvalue weighted by Gasteiger charge is 2.72. The third-order valence-electron chi connectivity index (χ3n) is 6.87. The Kier molecular flexibility index (Phi) is 3.50. The quantitative estimate of drug-likeness (QED) is 0.668. The number of rotatable bonds is 4. The van der Waals surface area contributed by atoms with Crippen LogP contribution in [0, 0.1) is 23.6 Å². The van der Waals surface area contributed by atoms with Crippen LogP contribution in [0.25, 0.3) is 11.0 Å². The summed E-state index contributed by atoms with van der Waals surface area (Å²) in [5.41, 5.74) is 3.40. The SMILES string of the molecule is Cc1ccc2c(cnn2CC23CC(C(=O)N4N=CCC4c4cncc(F)c4)(C2)C3)n1. The van der Waals surface area contributed by atoms with E-state index in [1.807, 2.05) is 23.9 Å². The van der Waals surface area contributed by atoms with Crippen molar-refractivity contribution in [1.29, 1.82) is 0 Å². The first-order valence-electron chi connectivity index (χ1n) is 10.2. The van der Waals surface area contributed by atoms with Gasteiger partial charge in [-0.25, -0.2) is 14.4 Å². The van der Waals surface area contributed by atoms with Gasteiger partial charge < -0.3 is 0 Å². The van der Waals surface area contributed by atoms with Crippen LogP contribution in [0.1, 0.15) is 43.0 Å². The summed E-state index contributed by atoms with van der Waals surface area (Å²) >= 11 is 0. The number of pyridine rings is 2. The van der Waals surface area contributed by atoms with E-state index in [1.54, 1.807) is 17.4 Å². The van der Waals surface area contributed by atoms with Gasteiger partial charge in [-0.15, -0.1) is 0 Å². The van der Waals surface area contributed by atoms with Crippen LogP contribution in [0.5, 0.6) is 0 Å². The topological polar surface area (TPSA) is 76.3 Å². The van der Waals surface area contributed by atoms with Crippen molar-refractivity contribution in [2.75, 3.05) is 0 Å². The van der Waals surface area contributed by atoms with E-state index in [0.717, 1.165) is 42.5 Å². The molecule has 3 fully saturated rings. The van der Waals surface area contributed by atoms with E-state index >= 15 is 0 Å². The zero-order valence-corrected chi connectivity index (χ0v) is 16.6. The lowest BCUT2D eigenvalue weighted by atomic mass is 9.34. The Hall–Kier alpha value is -3.16. The Morgan fingerprint density at radius 1 is 1.23 bits per heavy atom. The van der Waals surface area contributed by atoms with Crippen molar-refractivity contribution < 1.29 is 9.18 Å². The molecule has 1 amide bonds. The number of hydrazone groups is 1. The second-order valence-corrected chi connectivity index (χ2v) is 9.11. The van der Waals surface area contributed by atoms with Gasteiger partial charge in [-0.05, 0) is 55.4 Å². The van der Waals surface area contributed by atoms with Crippen molar-refractivity contribution in [2.45, 2.75) is 45.2 Å². The molecule has 1 unspecified atom stereocenters. The van der Waals surface area contributed by atoms with Gasteiger partial charge >= 0.3 is 0 Å². The molecule has 152 valence electrons. The molecule has 0 aromatic carbocycles. The lowest BCUT2D eigenvalue weighted by molar-refractivity contribution is -0.223. The zero-order valence-electron chi connectivity index (χ0n) is 16.6. The summed E-state index contributed by atoms with van der Waals surface area (Å²) in [6.45, 7) is 2.78. The van der Waals surface area contributed by atoms with E-state index in [4.69, 9.17) is 0 Å². The molecular formula is C22H21FN6O. The van der Waals surface area contributed by atoms with Crippen LogP contribution >= 0.6 is 0 Å². The summed E-state index contributed by atoms with van der Waals surface area (Å²) in [7, 11) is 0. The minimum absolute atomic E-state index is 0.0509. The summed E-state index contributed by atoms with van der Waals surface area (Å²) in [6.07, 6.45) is 9.46. The normalized spacial score (nSPS) is 29.1. The molecule has 0 saturated heterocycles. The van der Waals surface area contributed by atoms with Crippen molar-refractivity contribution in [1.82, 2.24) is 24.8 Å². The molecule has 3 aromatic rings. The lowest BCUT2D eigenvalue weighted by Crippen LogP contribution is -2.68. The van der Waals surface area contributed by atoms with Crippen molar-refractivity contribution in [3.8, 4) is 0 Å². The van der Waals surface area contributed by atoms with E-state index in [9.17, 15) is 9.18 Å². The number of amides is 1. The molecule has 3 aliphatic carbocycles. The zero-order chi connectivity index (χ0) is 20.5. The Morgan fingerprint density at radius 3 is 2.87 bits per heavy atom. The molecule has 1 aliphatic heterocycles. The molecule has 7 nitrogen and oxygen atoms in total. The number of fused-ring (bicyclic) bond motifs is 1. The number of halogens is 1. The standard InChI is InChI=1S/C22H21FN6O/c1-14-2-3-19-17(27-14)9-26-28(19)13-21-10-22(11-21,12-21)20(30)29-18(4-5-25-29)15-6-16(23)8-24-7-15/h2-3,5-9,18H,4,10-13H2,1H3. The first-order valence-corrected chi connectivity index (χ1v) is 10.2. The van der Waals surface area contributed by atoms with Gasteiger partial charge in [-0.1, -0.05) is 0 Å². The van der Waals surface area contributed by atoms with Crippen LogP contribution in [0.4, 0.5) is 4.39 Å². The molecule has 2 bridgehead atoms. The number of hydrogen-bond acceptors (Lipinski definition) is 5. The van der Waals surface area contributed by atoms with Crippen LogP contribution < -0.4 is 0 Å². The molecule has 4 aliphatic rings. The summed E-state index contributed by atoms with van der Waals surface area (Å²) in [6, 6.07) is 5.23. The highest BCUT2D eigenvalue weighted by atomic mass is 19.1. The molecule has 8 heteroatoms. The van der Waals surface area contributed by atoms with Crippen LogP contribution in [0.2, 0.25) is 0 Å². The van der Waals surface area contributed by atoms with Crippen LogP contribution in [-0.4, -0.2) is 36.9 Å². The summed E-state index contributed by atoms with van der Waals surface area (Å²) in [5, 5.41) is 10.4. The van der Waals surface area contributed by atoms with Gasteiger partial charge in [0.15, 0.2) is 0 Å². The Bertz CT molecular complexity index is 1200. The molecule has 0 radical (unpaired) electrons. The minimum atomic E-state index is -0.396. The van der Waals surface area contributed by atoms with Crippen molar-refractivity contribution in [3.05, 3.63) is 53.9 Å². The van der Waals surface area contributed by atoms with E-state index in [-0.39, 0.29) is 22.8 Å². The number of hydrogen-bond donors (Lipinski definition) is 0. The Balaban J connectivity index is 1.17. The Labute approximate surface area is 172 Å². The van der Waals surface area contributed by atoms with Crippen molar-refractivity contribution >= 4 is 23.2 Å². The molecule has 4 heterocycles. The largest absolute Gasteiger partial charge is 0.272 e. The van der Waals surface area contributed by atoms with Gasteiger partial charge in [0.1, 0.15) is 11.3 Å². The molecule has 1 atom stereocenters. The lowest BCUT2D eigenvalue weighted by Gasteiger charge is -2.69. The van der Waals surface area contributed by atoms with Crippen molar-refractivity contribution in [2.24, 2.45) is 15.9 Å². The molecule has 30 heavy (non-hydrogen) atoms. The van der Waals surface area contributed by atoms with Gasteiger partial charge in [0.2, 0.25) is 5.91 Å². The summed E-state index contributed by atoms with van der Waals surface area (Å²) in [5.74, 6) is -0.345. The highest BCUT2D eigenvalue weighted by Crippen LogP contribution is 2.74. The fourth-order valence-corrected chi connectivity index (χ4v) is 5.65. The molecule has 0 N–H and O–H groups in total. The summed E-state index contributed by atoms with van der Waals surface area (Å²) < 4.78 is 15.6. The van der Waals surface area contributed by atoms with E-state index < -0.39 is 5.82 Å².